The molecule has 0 radical (unpaired) electrons. The number of esters is 1. The number of amides is 2. The van der Waals surface area contributed by atoms with Crippen LogP contribution in [-0.2, 0) is 9.59 Å². The third-order valence-electron chi connectivity index (χ3n) is 3.64. The number of hydrogen-bond acceptors (Lipinski definition) is 4. The molecule has 0 spiro atoms. The molecular weight excluding hydrogens is 332 g/mol. The fraction of sp³-hybridized carbons (Fsp3) is 0.250. The van der Waals surface area contributed by atoms with E-state index in [1.165, 1.54) is 6.92 Å². The first-order valence-corrected chi connectivity index (χ1v) is 8.31. The molecule has 2 aromatic carbocycles. The molecule has 136 valence electrons. The highest BCUT2D eigenvalue weighted by Crippen LogP contribution is 2.18. The summed E-state index contributed by atoms with van der Waals surface area (Å²) in [5.74, 6) is -0.298. The Morgan fingerprint density at radius 3 is 2.12 bits per heavy atom. The third-order valence-corrected chi connectivity index (χ3v) is 3.64. The minimum Gasteiger partial charge on any atom is -0.425 e. The highest BCUT2D eigenvalue weighted by Gasteiger charge is 2.10. The second kappa shape index (κ2) is 8.80. The molecular formula is C20H22N2O4. The zero-order valence-electron chi connectivity index (χ0n) is 15.0. The van der Waals surface area contributed by atoms with Gasteiger partial charge >= 0.3 is 5.97 Å². The Balaban J connectivity index is 1.84. The first kappa shape index (κ1) is 19.2. The summed E-state index contributed by atoms with van der Waals surface area (Å²) in [7, 11) is 0. The van der Waals surface area contributed by atoms with Gasteiger partial charge in [0, 0.05) is 18.2 Å². The van der Waals surface area contributed by atoms with Crippen molar-refractivity contribution in [2.75, 3.05) is 11.9 Å². The molecule has 6 heteroatoms. The van der Waals surface area contributed by atoms with E-state index in [-0.39, 0.29) is 12.5 Å². The lowest BCUT2D eigenvalue weighted by Gasteiger charge is -2.09. The van der Waals surface area contributed by atoms with Crippen molar-refractivity contribution < 1.29 is 19.1 Å². The summed E-state index contributed by atoms with van der Waals surface area (Å²) in [5.41, 5.74) is 2.13. The number of carbonyl (C=O) groups is 3. The van der Waals surface area contributed by atoms with Crippen LogP contribution in [0, 0.1) is 0 Å². The molecule has 0 atom stereocenters. The van der Waals surface area contributed by atoms with E-state index < -0.39 is 11.9 Å². The number of nitrogens with one attached hydrogen (secondary N) is 2. The van der Waals surface area contributed by atoms with Crippen molar-refractivity contribution in [3.8, 4) is 5.75 Å². The van der Waals surface area contributed by atoms with Crippen molar-refractivity contribution in [2.45, 2.75) is 26.7 Å². The molecule has 0 heterocycles. The van der Waals surface area contributed by atoms with Crippen LogP contribution in [0.4, 0.5) is 5.69 Å². The maximum absolute atomic E-state index is 12.0. The Bertz CT molecular complexity index is 780. The van der Waals surface area contributed by atoms with Crippen LogP contribution in [0.2, 0.25) is 0 Å². The van der Waals surface area contributed by atoms with Crippen LogP contribution in [-0.4, -0.2) is 24.3 Å². The molecule has 0 fully saturated rings. The van der Waals surface area contributed by atoms with Crippen molar-refractivity contribution in [1.82, 2.24) is 5.32 Å². The average Bonchev–Trinajstić information content (AvgIpc) is 2.60. The Hall–Kier alpha value is -3.15. The summed E-state index contributed by atoms with van der Waals surface area (Å²) in [4.78, 5) is 34.9. The predicted octanol–water partition coefficient (Wildman–Crippen LogP) is 3.10. The van der Waals surface area contributed by atoms with Gasteiger partial charge in [-0.25, -0.2) is 4.79 Å². The lowest BCUT2D eigenvalue weighted by Crippen LogP contribution is -2.31. The second-order valence-corrected chi connectivity index (χ2v) is 6.14. The topological polar surface area (TPSA) is 84.5 Å². The van der Waals surface area contributed by atoms with Gasteiger partial charge in [-0.2, -0.15) is 0 Å². The molecule has 2 N–H and O–H groups in total. The molecule has 6 nitrogen and oxygen atoms in total. The van der Waals surface area contributed by atoms with Crippen molar-refractivity contribution >= 4 is 23.5 Å². The van der Waals surface area contributed by atoms with Gasteiger partial charge < -0.3 is 15.4 Å². The van der Waals surface area contributed by atoms with Gasteiger partial charge in [-0.05, 0) is 47.9 Å². The molecule has 2 amide bonds. The third kappa shape index (κ3) is 5.73. The molecule has 2 rings (SSSR count). The average molecular weight is 354 g/mol. The van der Waals surface area contributed by atoms with Crippen LogP contribution >= 0.6 is 0 Å². The van der Waals surface area contributed by atoms with E-state index in [1.54, 1.807) is 36.4 Å². The minimum absolute atomic E-state index is 0.189. The van der Waals surface area contributed by atoms with Gasteiger partial charge in [0.15, 0.2) is 0 Å². The lowest BCUT2D eigenvalue weighted by molar-refractivity contribution is -0.133. The zero-order valence-corrected chi connectivity index (χ0v) is 15.0. The van der Waals surface area contributed by atoms with E-state index in [1.807, 2.05) is 12.1 Å². The normalized spacial score (nSPS) is 10.3. The molecule has 0 unspecified atom stereocenters. The van der Waals surface area contributed by atoms with E-state index in [9.17, 15) is 14.4 Å². The summed E-state index contributed by atoms with van der Waals surface area (Å²) in [6.07, 6.45) is 0. The van der Waals surface area contributed by atoms with Gasteiger partial charge in [0.1, 0.15) is 12.3 Å². The Morgan fingerprint density at radius 1 is 0.962 bits per heavy atom. The maximum Gasteiger partial charge on any atom is 0.330 e. The molecule has 0 aliphatic rings. The van der Waals surface area contributed by atoms with Gasteiger partial charge in [0.25, 0.3) is 5.91 Å². The number of ether oxygens (including phenoxy) is 1. The van der Waals surface area contributed by atoms with Crippen LogP contribution < -0.4 is 15.4 Å². The zero-order chi connectivity index (χ0) is 19.1. The fourth-order valence-corrected chi connectivity index (χ4v) is 2.25. The first-order chi connectivity index (χ1) is 12.3. The highest BCUT2D eigenvalue weighted by atomic mass is 16.5. The SMILES string of the molecule is CC(=O)Nc1ccc(C(=O)NCC(=O)Oc2ccc(C(C)C)cc2)cc1. The van der Waals surface area contributed by atoms with E-state index >= 15 is 0 Å². The van der Waals surface area contributed by atoms with E-state index in [4.69, 9.17) is 4.74 Å². The molecule has 0 bridgehead atoms. The summed E-state index contributed by atoms with van der Waals surface area (Å²) in [5, 5.41) is 5.12. The van der Waals surface area contributed by atoms with Gasteiger partial charge in [-0.3, -0.25) is 9.59 Å². The molecule has 0 saturated carbocycles. The molecule has 0 saturated heterocycles. The Kier molecular flexibility index (Phi) is 6.49. The smallest absolute Gasteiger partial charge is 0.330 e. The molecule has 0 aromatic heterocycles. The standard InChI is InChI=1S/C20H22N2O4/c1-13(2)15-6-10-18(11-7-15)26-19(24)12-21-20(25)16-4-8-17(9-5-16)22-14(3)23/h4-11,13H,12H2,1-3H3,(H,21,25)(H,22,23). The van der Waals surface area contributed by atoms with E-state index in [0.29, 0.717) is 22.9 Å². The van der Waals surface area contributed by atoms with Crippen LogP contribution in [0.1, 0.15) is 42.6 Å². The number of carbonyl (C=O) groups excluding carboxylic acids is 3. The van der Waals surface area contributed by atoms with Crippen molar-refractivity contribution in [3.05, 3.63) is 59.7 Å². The Morgan fingerprint density at radius 2 is 1.58 bits per heavy atom. The van der Waals surface area contributed by atoms with Gasteiger partial charge in [-0.1, -0.05) is 26.0 Å². The van der Waals surface area contributed by atoms with Crippen LogP contribution in [0.5, 0.6) is 5.75 Å². The highest BCUT2D eigenvalue weighted by molar-refractivity contribution is 5.97. The van der Waals surface area contributed by atoms with Crippen molar-refractivity contribution in [3.63, 3.8) is 0 Å². The molecule has 0 aliphatic carbocycles. The number of rotatable bonds is 6. The van der Waals surface area contributed by atoms with E-state index in [2.05, 4.69) is 24.5 Å². The molecule has 26 heavy (non-hydrogen) atoms. The minimum atomic E-state index is -0.550. The van der Waals surface area contributed by atoms with Crippen LogP contribution in [0.25, 0.3) is 0 Å². The van der Waals surface area contributed by atoms with Gasteiger partial charge in [-0.15, -0.1) is 0 Å². The fourth-order valence-electron chi connectivity index (χ4n) is 2.25. The summed E-state index contributed by atoms with van der Waals surface area (Å²) < 4.78 is 5.20. The van der Waals surface area contributed by atoms with Crippen LogP contribution in [0.3, 0.4) is 0 Å². The predicted molar refractivity (Wildman–Crippen MR) is 99.2 cm³/mol. The first-order valence-electron chi connectivity index (χ1n) is 8.31. The second-order valence-electron chi connectivity index (χ2n) is 6.14. The van der Waals surface area contributed by atoms with Crippen molar-refractivity contribution in [2.24, 2.45) is 0 Å². The lowest BCUT2D eigenvalue weighted by atomic mass is 10.0. The van der Waals surface area contributed by atoms with Gasteiger partial charge in [0.05, 0.1) is 0 Å². The number of anilines is 1. The number of hydrogen-bond donors (Lipinski definition) is 2. The maximum atomic E-state index is 12.0. The summed E-state index contributed by atoms with van der Waals surface area (Å²) in [6, 6.07) is 13.6. The monoisotopic (exact) mass is 354 g/mol. The van der Waals surface area contributed by atoms with Crippen LogP contribution in [0.15, 0.2) is 48.5 Å². The summed E-state index contributed by atoms with van der Waals surface area (Å²) in [6.45, 7) is 5.33. The molecule has 0 aliphatic heterocycles. The summed E-state index contributed by atoms with van der Waals surface area (Å²) >= 11 is 0. The number of benzene rings is 2. The molecule has 2 aromatic rings. The van der Waals surface area contributed by atoms with Gasteiger partial charge in [0.2, 0.25) is 5.91 Å². The quantitative estimate of drug-likeness (QED) is 0.617. The largest absolute Gasteiger partial charge is 0.425 e. The van der Waals surface area contributed by atoms with E-state index in [0.717, 1.165) is 5.56 Å². The van der Waals surface area contributed by atoms with Crippen molar-refractivity contribution in [1.29, 1.82) is 0 Å². The Labute approximate surface area is 152 Å².